The van der Waals surface area contributed by atoms with E-state index in [-0.39, 0.29) is 5.82 Å². The highest BCUT2D eigenvalue weighted by Crippen LogP contribution is 2.30. The maximum atomic E-state index is 14.4. The fourth-order valence-corrected chi connectivity index (χ4v) is 3.26. The van der Waals surface area contributed by atoms with E-state index in [0.717, 1.165) is 11.5 Å². The van der Waals surface area contributed by atoms with Crippen molar-refractivity contribution in [3.05, 3.63) is 53.8 Å². The summed E-state index contributed by atoms with van der Waals surface area (Å²) in [7, 11) is 0. The largest absolute Gasteiger partial charge is 0.493 e. The molecule has 1 saturated carbocycles. The van der Waals surface area contributed by atoms with Crippen molar-refractivity contribution in [3.63, 3.8) is 0 Å². The molecule has 1 nitrogen and oxygen atoms in total. The fourth-order valence-electron chi connectivity index (χ4n) is 3.26. The van der Waals surface area contributed by atoms with Crippen LogP contribution in [0.2, 0.25) is 0 Å². The summed E-state index contributed by atoms with van der Waals surface area (Å²) in [6.07, 6.45) is 5.03. The van der Waals surface area contributed by atoms with Gasteiger partial charge in [0.2, 0.25) is 0 Å². The summed E-state index contributed by atoms with van der Waals surface area (Å²) in [5, 5.41) is 0. The molecule has 0 aromatic heterocycles. The summed E-state index contributed by atoms with van der Waals surface area (Å²) < 4.78 is 20.2. The van der Waals surface area contributed by atoms with E-state index in [1.54, 1.807) is 0 Å². The normalized spacial score (nSPS) is 21.2. The Hall–Kier alpha value is -1.83. The molecule has 0 aliphatic heterocycles. The van der Waals surface area contributed by atoms with Crippen LogP contribution < -0.4 is 4.74 Å². The van der Waals surface area contributed by atoms with Crippen LogP contribution in [-0.4, -0.2) is 6.61 Å². The second-order valence-electron chi connectivity index (χ2n) is 6.94. The molecule has 0 spiro atoms. The van der Waals surface area contributed by atoms with Crippen LogP contribution in [0.5, 0.6) is 5.75 Å². The third-order valence-corrected chi connectivity index (χ3v) is 4.92. The van der Waals surface area contributed by atoms with Crippen molar-refractivity contribution < 1.29 is 9.13 Å². The highest BCUT2D eigenvalue weighted by Gasteiger charge is 2.18. The minimum absolute atomic E-state index is 0.219. The summed E-state index contributed by atoms with van der Waals surface area (Å²) in [5.41, 5.74) is 2.71. The smallest absolute Gasteiger partial charge is 0.134 e. The molecule has 2 aromatic carbocycles. The fraction of sp³-hybridized carbons (Fsp3) is 0.429. The van der Waals surface area contributed by atoms with Crippen LogP contribution in [0.1, 0.15) is 38.2 Å². The van der Waals surface area contributed by atoms with Crippen molar-refractivity contribution in [2.45, 2.75) is 39.5 Å². The first-order chi connectivity index (χ1) is 11.1. The molecular weight excluding hydrogens is 287 g/mol. The number of hydrogen-bond donors (Lipinski definition) is 0. The maximum Gasteiger partial charge on any atom is 0.134 e. The molecule has 2 aromatic rings. The highest BCUT2D eigenvalue weighted by molar-refractivity contribution is 5.65. The van der Waals surface area contributed by atoms with Crippen LogP contribution in [0, 0.1) is 24.6 Å². The van der Waals surface area contributed by atoms with Gasteiger partial charge in [-0.15, -0.1) is 0 Å². The number of ether oxygens (including phenoxy) is 1. The highest BCUT2D eigenvalue weighted by atomic mass is 19.1. The van der Waals surface area contributed by atoms with E-state index in [9.17, 15) is 4.39 Å². The van der Waals surface area contributed by atoms with Crippen molar-refractivity contribution in [1.82, 2.24) is 0 Å². The summed E-state index contributed by atoms with van der Waals surface area (Å²) in [5.74, 6) is 1.88. The predicted octanol–water partition coefficient (Wildman–Crippen LogP) is 6.01. The molecule has 0 heterocycles. The Bertz CT molecular complexity index is 639. The Morgan fingerprint density at radius 1 is 1.00 bits per heavy atom. The second-order valence-corrected chi connectivity index (χ2v) is 6.94. The first kappa shape index (κ1) is 16.0. The molecule has 0 atom stereocenters. The van der Waals surface area contributed by atoms with Gasteiger partial charge < -0.3 is 4.74 Å². The van der Waals surface area contributed by atoms with E-state index in [1.807, 2.05) is 43.3 Å². The second kappa shape index (κ2) is 7.16. The molecule has 0 amide bonds. The van der Waals surface area contributed by atoms with Gasteiger partial charge in [0.25, 0.3) is 0 Å². The third-order valence-electron chi connectivity index (χ3n) is 4.92. The van der Waals surface area contributed by atoms with Gasteiger partial charge in [-0.3, -0.25) is 0 Å². The van der Waals surface area contributed by atoms with E-state index in [0.29, 0.717) is 23.8 Å². The van der Waals surface area contributed by atoms with Crippen molar-refractivity contribution in [2.24, 2.45) is 11.8 Å². The van der Waals surface area contributed by atoms with Crippen molar-refractivity contribution in [1.29, 1.82) is 0 Å². The van der Waals surface area contributed by atoms with Gasteiger partial charge in [-0.05, 0) is 49.3 Å². The lowest BCUT2D eigenvalue weighted by molar-refractivity contribution is 0.187. The minimum Gasteiger partial charge on any atom is -0.493 e. The zero-order valence-corrected chi connectivity index (χ0v) is 14.0. The minimum atomic E-state index is -0.219. The number of rotatable bonds is 4. The van der Waals surface area contributed by atoms with E-state index >= 15 is 0 Å². The maximum absolute atomic E-state index is 14.4. The van der Waals surface area contributed by atoms with E-state index < -0.39 is 0 Å². The molecule has 2 heteroatoms. The average molecular weight is 312 g/mol. The molecule has 0 radical (unpaired) electrons. The molecule has 122 valence electrons. The summed E-state index contributed by atoms with van der Waals surface area (Å²) in [4.78, 5) is 0. The lowest BCUT2D eigenvalue weighted by atomic mass is 9.83. The number of aryl methyl sites for hydroxylation is 1. The van der Waals surface area contributed by atoms with E-state index in [2.05, 4.69) is 6.92 Å². The van der Waals surface area contributed by atoms with Gasteiger partial charge in [0, 0.05) is 11.6 Å². The average Bonchev–Trinajstić information content (AvgIpc) is 2.55. The monoisotopic (exact) mass is 312 g/mol. The van der Waals surface area contributed by atoms with E-state index in [1.165, 1.54) is 37.3 Å². The Labute approximate surface area is 138 Å². The lowest BCUT2D eigenvalue weighted by Crippen LogP contribution is -2.18. The van der Waals surface area contributed by atoms with Crippen molar-refractivity contribution in [3.8, 4) is 16.9 Å². The Balaban J connectivity index is 1.64. The molecule has 23 heavy (non-hydrogen) atoms. The van der Waals surface area contributed by atoms with Crippen LogP contribution >= 0.6 is 0 Å². The lowest BCUT2D eigenvalue weighted by Gasteiger charge is -2.26. The van der Waals surface area contributed by atoms with Gasteiger partial charge in [-0.2, -0.15) is 0 Å². The molecule has 1 aliphatic rings. The third kappa shape index (κ3) is 4.13. The van der Waals surface area contributed by atoms with Gasteiger partial charge >= 0.3 is 0 Å². The molecule has 1 fully saturated rings. The van der Waals surface area contributed by atoms with Crippen molar-refractivity contribution >= 4 is 0 Å². The van der Waals surface area contributed by atoms with Gasteiger partial charge in [-0.25, -0.2) is 4.39 Å². The molecular formula is C21H25FO. The van der Waals surface area contributed by atoms with Crippen LogP contribution in [0.15, 0.2) is 42.5 Å². The number of benzene rings is 2. The van der Waals surface area contributed by atoms with Crippen LogP contribution in [0.3, 0.4) is 0 Å². The zero-order chi connectivity index (χ0) is 16.2. The summed E-state index contributed by atoms with van der Waals surface area (Å²) in [6, 6.07) is 13.1. The Morgan fingerprint density at radius 2 is 1.70 bits per heavy atom. The Morgan fingerprint density at radius 3 is 2.35 bits per heavy atom. The Kier molecular flexibility index (Phi) is 5.00. The summed E-state index contributed by atoms with van der Waals surface area (Å²) >= 11 is 0. The zero-order valence-electron chi connectivity index (χ0n) is 14.0. The number of halogens is 1. The van der Waals surface area contributed by atoms with Gasteiger partial charge in [0.05, 0.1) is 6.61 Å². The number of hydrogen-bond acceptors (Lipinski definition) is 1. The van der Waals surface area contributed by atoms with Crippen LogP contribution in [0.4, 0.5) is 4.39 Å². The molecule has 0 N–H and O–H groups in total. The molecule has 0 unspecified atom stereocenters. The van der Waals surface area contributed by atoms with Gasteiger partial charge in [-0.1, -0.05) is 49.6 Å². The van der Waals surface area contributed by atoms with Gasteiger partial charge in [0.1, 0.15) is 11.6 Å². The quantitative estimate of drug-likeness (QED) is 0.672. The van der Waals surface area contributed by atoms with Crippen LogP contribution in [-0.2, 0) is 0 Å². The standard InChI is InChI=1S/C21H25FO/c1-15-3-7-17(8-4-15)14-23-19-11-12-20(21(22)13-19)18-9-5-16(2)6-10-18/h5-6,9-13,15,17H,3-4,7-8,14H2,1-2H3. The SMILES string of the molecule is Cc1ccc(-c2ccc(OCC3CCC(C)CC3)cc2F)cc1. The predicted molar refractivity (Wildman–Crippen MR) is 93.2 cm³/mol. The topological polar surface area (TPSA) is 9.23 Å². The molecule has 0 saturated heterocycles. The van der Waals surface area contributed by atoms with Gasteiger partial charge in [0.15, 0.2) is 0 Å². The summed E-state index contributed by atoms with van der Waals surface area (Å²) in [6.45, 7) is 5.05. The van der Waals surface area contributed by atoms with E-state index in [4.69, 9.17) is 4.74 Å². The first-order valence-corrected chi connectivity index (χ1v) is 8.61. The van der Waals surface area contributed by atoms with Crippen LogP contribution in [0.25, 0.3) is 11.1 Å². The first-order valence-electron chi connectivity index (χ1n) is 8.61. The van der Waals surface area contributed by atoms with Crippen molar-refractivity contribution in [2.75, 3.05) is 6.61 Å². The molecule has 0 bridgehead atoms. The molecule has 3 rings (SSSR count). The molecule has 1 aliphatic carbocycles.